The van der Waals surface area contributed by atoms with Crippen molar-refractivity contribution < 1.29 is 9.32 Å². The molecule has 0 bridgehead atoms. The number of nitrogens with one attached hydrogen (secondary N) is 1. The van der Waals surface area contributed by atoms with Gasteiger partial charge in [0.25, 0.3) is 5.91 Å². The van der Waals surface area contributed by atoms with Gasteiger partial charge in [0.2, 0.25) is 0 Å². The first kappa shape index (κ1) is 18.2. The Balaban J connectivity index is 1.57. The van der Waals surface area contributed by atoms with Crippen LogP contribution in [0.2, 0.25) is 0 Å². The minimum atomic E-state index is -0.0440. The third kappa shape index (κ3) is 2.88. The van der Waals surface area contributed by atoms with Crippen molar-refractivity contribution in [3.63, 3.8) is 0 Å². The second-order valence-electron chi connectivity index (χ2n) is 7.70. The Bertz CT molecular complexity index is 816. The van der Waals surface area contributed by atoms with Crippen molar-refractivity contribution in [3.8, 4) is 0 Å². The third-order valence-corrected chi connectivity index (χ3v) is 6.25. The van der Waals surface area contributed by atoms with Gasteiger partial charge in [0.15, 0.2) is 0 Å². The molecule has 146 valence electrons. The molecule has 0 aromatic carbocycles. The molecule has 1 amide bonds. The summed E-state index contributed by atoms with van der Waals surface area (Å²) in [6.07, 6.45) is 6.53. The van der Waals surface area contributed by atoms with Crippen molar-refractivity contribution in [3.05, 3.63) is 34.7 Å². The molecule has 1 N–H and O–H groups in total. The van der Waals surface area contributed by atoms with E-state index in [1.54, 1.807) is 0 Å². The molecule has 2 aromatic heterocycles. The summed E-state index contributed by atoms with van der Waals surface area (Å²) in [5.41, 5.74) is 3.84. The lowest BCUT2D eigenvalue weighted by atomic mass is 9.78. The first-order valence-corrected chi connectivity index (χ1v) is 10.1. The number of hydrogen-bond acceptors (Lipinski definition) is 5. The number of hydrogen-bond donors (Lipinski definition) is 1. The Morgan fingerprint density at radius 3 is 2.78 bits per heavy atom. The average Bonchev–Trinajstić information content (AvgIpc) is 3.31. The molecule has 2 aromatic rings. The molecule has 0 radical (unpaired) electrons. The Hall–Kier alpha value is -2.15. The van der Waals surface area contributed by atoms with Crippen LogP contribution < -0.4 is 0 Å². The summed E-state index contributed by atoms with van der Waals surface area (Å²) >= 11 is 0. The number of piperidine rings is 1. The third-order valence-electron chi connectivity index (χ3n) is 6.25. The summed E-state index contributed by atoms with van der Waals surface area (Å²) in [4.78, 5) is 25.7. The van der Waals surface area contributed by atoms with Gasteiger partial charge < -0.3 is 14.4 Å². The number of aryl methyl sites for hydroxylation is 2. The molecular weight excluding hydrogens is 342 g/mol. The molecule has 2 aliphatic rings. The van der Waals surface area contributed by atoms with Gasteiger partial charge in [-0.15, -0.1) is 0 Å². The summed E-state index contributed by atoms with van der Waals surface area (Å²) in [7, 11) is 0. The molecule has 2 aliphatic heterocycles. The maximum absolute atomic E-state index is 13.1. The lowest BCUT2D eigenvalue weighted by Crippen LogP contribution is -2.57. The van der Waals surface area contributed by atoms with Crippen LogP contribution in [-0.4, -0.2) is 57.0 Å². The number of fused-ring (bicyclic) bond motifs is 2. The summed E-state index contributed by atoms with van der Waals surface area (Å²) in [6, 6.07) is 0. The fraction of sp³-hybridized carbons (Fsp3) is 0.650. The fourth-order valence-electron chi connectivity index (χ4n) is 4.84. The van der Waals surface area contributed by atoms with Crippen molar-refractivity contribution in [1.82, 2.24) is 24.9 Å². The number of H-pyrrole nitrogens is 1. The van der Waals surface area contributed by atoms with E-state index in [0.717, 1.165) is 57.6 Å². The molecule has 0 aliphatic carbocycles. The highest BCUT2D eigenvalue weighted by molar-refractivity contribution is 5.96. The summed E-state index contributed by atoms with van der Waals surface area (Å²) in [5, 5.41) is 4.05. The number of amides is 1. The van der Waals surface area contributed by atoms with Gasteiger partial charge in [-0.25, -0.2) is 4.98 Å². The van der Waals surface area contributed by atoms with Crippen molar-refractivity contribution in [2.45, 2.75) is 58.4 Å². The second-order valence-corrected chi connectivity index (χ2v) is 7.70. The van der Waals surface area contributed by atoms with E-state index in [9.17, 15) is 4.79 Å². The van der Waals surface area contributed by atoms with Crippen LogP contribution in [0, 0.1) is 6.92 Å². The van der Waals surface area contributed by atoms with Crippen molar-refractivity contribution in [2.24, 2.45) is 0 Å². The molecule has 27 heavy (non-hydrogen) atoms. The Kier molecular flexibility index (Phi) is 4.80. The van der Waals surface area contributed by atoms with E-state index in [1.807, 2.05) is 25.1 Å². The van der Waals surface area contributed by atoms with Crippen molar-refractivity contribution in [2.75, 3.05) is 26.2 Å². The van der Waals surface area contributed by atoms with Gasteiger partial charge in [0.1, 0.15) is 11.3 Å². The van der Waals surface area contributed by atoms with Crippen LogP contribution in [-0.2, 0) is 18.4 Å². The zero-order valence-electron chi connectivity index (χ0n) is 16.5. The molecule has 0 saturated carbocycles. The van der Waals surface area contributed by atoms with Crippen LogP contribution in [0.3, 0.4) is 0 Å². The largest absolute Gasteiger partial charge is 0.361 e. The molecule has 1 spiro atoms. The molecule has 0 atom stereocenters. The maximum Gasteiger partial charge on any atom is 0.259 e. The number of carbonyl (C=O) groups is 1. The highest BCUT2D eigenvalue weighted by atomic mass is 16.5. The molecule has 4 heterocycles. The molecular formula is C20H29N5O2. The Morgan fingerprint density at radius 2 is 2.07 bits per heavy atom. The molecule has 1 saturated heterocycles. The minimum Gasteiger partial charge on any atom is -0.361 e. The highest BCUT2D eigenvalue weighted by Crippen LogP contribution is 2.42. The van der Waals surface area contributed by atoms with E-state index < -0.39 is 0 Å². The zero-order chi connectivity index (χ0) is 19.0. The number of carbonyl (C=O) groups excluding carboxylic acids is 1. The number of nitrogens with zero attached hydrogens (tertiary/aromatic N) is 4. The Labute approximate surface area is 160 Å². The maximum atomic E-state index is 13.1. The van der Waals surface area contributed by atoms with Crippen LogP contribution in [0.4, 0.5) is 0 Å². The lowest BCUT2D eigenvalue weighted by molar-refractivity contribution is 0.00701. The van der Waals surface area contributed by atoms with E-state index in [2.05, 4.69) is 22.0 Å². The van der Waals surface area contributed by atoms with Gasteiger partial charge in [0, 0.05) is 31.7 Å². The van der Waals surface area contributed by atoms with Crippen LogP contribution in [0.1, 0.15) is 66.3 Å². The van der Waals surface area contributed by atoms with Gasteiger partial charge in [-0.1, -0.05) is 19.0 Å². The van der Waals surface area contributed by atoms with E-state index >= 15 is 0 Å². The van der Waals surface area contributed by atoms with Crippen LogP contribution in [0.15, 0.2) is 10.9 Å². The topological polar surface area (TPSA) is 78.3 Å². The van der Waals surface area contributed by atoms with Gasteiger partial charge in [-0.3, -0.25) is 9.69 Å². The van der Waals surface area contributed by atoms with E-state index in [4.69, 9.17) is 9.51 Å². The first-order valence-electron chi connectivity index (χ1n) is 10.1. The zero-order valence-corrected chi connectivity index (χ0v) is 16.5. The lowest BCUT2D eigenvalue weighted by Gasteiger charge is -2.50. The first-order chi connectivity index (χ1) is 13.1. The van der Waals surface area contributed by atoms with E-state index in [-0.39, 0.29) is 11.4 Å². The number of aromatic amines is 1. The summed E-state index contributed by atoms with van der Waals surface area (Å²) in [5.74, 6) is 0.678. The molecule has 7 nitrogen and oxygen atoms in total. The van der Waals surface area contributed by atoms with Crippen LogP contribution in [0.5, 0.6) is 0 Å². The predicted octanol–water partition coefficient (Wildman–Crippen LogP) is 2.67. The quantitative estimate of drug-likeness (QED) is 0.894. The minimum absolute atomic E-state index is 0.0440. The normalized spacial score (nSPS) is 19.4. The second kappa shape index (κ2) is 7.11. The Morgan fingerprint density at radius 1 is 1.30 bits per heavy atom. The molecule has 4 rings (SSSR count). The predicted molar refractivity (Wildman–Crippen MR) is 102 cm³/mol. The van der Waals surface area contributed by atoms with Gasteiger partial charge in [-0.05, 0) is 39.2 Å². The molecule has 1 fully saturated rings. The summed E-state index contributed by atoms with van der Waals surface area (Å²) < 4.78 is 5.27. The molecule has 7 heteroatoms. The van der Waals surface area contributed by atoms with Gasteiger partial charge in [0.05, 0.1) is 23.3 Å². The van der Waals surface area contributed by atoms with Crippen molar-refractivity contribution in [1.29, 1.82) is 0 Å². The van der Waals surface area contributed by atoms with Gasteiger partial charge in [-0.2, -0.15) is 0 Å². The standard InChI is InChI=1S/C20H29N5O2/c1-4-9-25-10-6-16-18(22-13-21-16)20(25)7-11-24(12-8-20)19(26)17-14(3)27-23-15(17)5-2/h13H,4-12H2,1-3H3,(H,21,22). The van der Waals surface area contributed by atoms with Crippen LogP contribution in [0.25, 0.3) is 0 Å². The number of rotatable bonds is 4. The fourth-order valence-corrected chi connectivity index (χ4v) is 4.84. The summed E-state index contributed by atoms with van der Waals surface area (Å²) in [6.45, 7) is 9.66. The number of imidazole rings is 1. The monoisotopic (exact) mass is 371 g/mol. The highest BCUT2D eigenvalue weighted by Gasteiger charge is 2.47. The number of aromatic nitrogens is 3. The number of likely N-dealkylation sites (tertiary alicyclic amines) is 1. The SMILES string of the molecule is CCCN1CCc2[nH]cnc2C12CCN(C(=O)c1c(CC)noc1C)CC2. The average molecular weight is 371 g/mol. The van der Waals surface area contributed by atoms with E-state index in [1.165, 1.54) is 11.4 Å². The molecule has 0 unspecified atom stereocenters. The van der Waals surface area contributed by atoms with Crippen molar-refractivity contribution >= 4 is 5.91 Å². The van der Waals surface area contributed by atoms with Crippen LogP contribution >= 0.6 is 0 Å². The van der Waals surface area contributed by atoms with Gasteiger partial charge >= 0.3 is 0 Å². The van der Waals surface area contributed by atoms with E-state index in [0.29, 0.717) is 17.7 Å². The smallest absolute Gasteiger partial charge is 0.259 e.